The fraction of sp³-hybridized carbons (Fsp3) is 0.588. The highest BCUT2D eigenvalue weighted by Crippen LogP contribution is 2.31. The van der Waals surface area contributed by atoms with Gasteiger partial charge in [-0.1, -0.05) is 29.8 Å². The van der Waals surface area contributed by atoms with Crippen LogP contribution < -0.4 is 5.32 Å². The van der Waals surface area contributed by atoms with E-state index in [4.69, 9.17) is 16.3 Å². The zero-order valence-corrected chi connectivity index (χ0v) is 13.7. The van der Waals surface area contributed by atoms with E-state index in [1.54, 1.807) is 0 Å². The number of morpholine rings is 1. The quantitative estimate of drug-likeness (QED) is 0.910. The van der Waals surface area contributed by atoms with Crippen LogP contribution in [0.1, 0.15) is 31.4 Å². The number of piperidine rings is 1. The highest BCUT2D eigenvalue weighted by Gasteiger charge is 2.34. The fourth-order valence-electron chi connectivity index (χ4n) is 3.29. The van der Waals surface area contributed by atoms with Gasteiger partial charge in [-0.2, -0.15) is 0 Å². The van der Waals surface area contributed by atoms with Crippen LogP contribution >= 0.6 is 11.6 Å². The summed E-state index contributed by atoms with van der Waals surface area (Å²) in [5.41, 5.74) is 0.971. The van der Waals surface area contributed by atoms with Gasteiger partial charge >= 0.3 is 0 Å². The number of ether oxygens (including phenoxy) is 1. The van der Waals surface area contributed by atoms with Gasteiger partial charge in [0, 0.05) is 16.5 Å². The first kappa shape index (κ1) is 15.8. The summed E-state index contributed by atoms with van der Waals surface area (Å²) >= 11 is 6.28. The molecular formula is C17H23ClN2O2. The van der Waals surface area contributed by atoms with Crippen LogP contribution in [0.15, 0.2) is 24.3 Å². The molecule has 0 spiro atoms. The second-order valence-electron chi connectivity index (χ2n) is 6.21. The Balaban J connectivity index is 1.73. The highest BCUT2D eigenvalue weighted by molar-refractivity contribution is 6.31. The van der Waals surface area contributed by atoms with Crippen molar-refractivity contribution in [2.45, 2.75) is 31.9 Å². The standard InChI is InChI=1S/C17H23ClN2O2/c1-12-11-22-16(14-4-2-3-5-15(14)18)10-20(12)17(21)13-6-8-19-9-7-13/h2-5,12-13,16,19H,6-11H2,1H3. The monoisotopic (exact) mass is 322 g/mol. The van der Waals surface area contributed by atoms with Crippen molar-refractivity contribution in [3.05, 3.63) is 34.9 Å². The Bertz CT molecular complexity index is 531. The second kappa shape index (κ2) is 6.99. The molecule has 120 valence electrons. The molecule has 0 radical (unpaired) electrons. The largest absolute Gasteiger partial charge is 0.369 e. The van der Waals surface area contributed by atoms with Gasteiger partial charge in [0.1, 0.15) is 6.10 Å². The zero-order chi connectivity index (χ0) is 15.5. The molecule has 0 aliphatic carbocycles. The normalized spacial score (nSPS) is 26.9. The maximum absolute atomic E-state index is 12.8. The molecule has 1 N–H and O–H groups in total. The lowest BCUT2D eigenvalue weighted by Gasteiger charge is -2.40. The molecule has 2 heterocycles. The van der Waals surface area contributed by atoms with E-state index in [0.717, 1.165) is 31.5 Å². The molecular weight excluding hydrogens is 300 g/mol. The van der Waals surface area contributed by atoms with Crippen LogP contribution in [-0.2, 0) is 9.53 Å². The maximum Gasteiger partial charge on any atom is 0.226 e. The molecule has 4 nitrogen and oxygen atoms in total. The van der Waals surface area contributed by atoms with Crippen molar-refractivity contribution in [2.75, 3.05) is 26.2 Å². The summed E-state index contributed by atoms with van der Waals surface area (Å²) in [6.45, 7) is 5.08. The van der Waals surface area contributed by atoms with E-state index in [-0.39, 0.29) is 24.0 Å². The van der Waals surface area contributed by atoms with E-state index < -0.39 is 0 Å². The molecule has 0 saturated carbocycles. The van der Waals surface area contributed by atoms with Gasteiger partial charge in [0.2, 0.25) is 5.91 Å². The fourth-order valence-corrected chi connectivity index (χ4v) is 3.55. The van der Waals surface area contributed by atoms with E-state index in [2.05, 4.69) is 12.2 Å². The number of carbonyl (C=O) groups excluding carboxylic acids is 1. The topological polar surface area (TPSA) is 41.6 Å². The second-order valence-corrected chi connectivity index (χ2v) is 6.61. The van der Waals surface area contributed by atoms with Gasteiger partial charge in [-0.3, -0.25) is 4.79 Å². The predicted molar refractivity (Wildman–Crippen MR) is 86.9 cm³/mol. The first-order chi connectivity index (χ1) is 10.7. The van der Waals surface area contributed by atoms with Gasteiger partial charge < -0.3 is 15.0 Å². The summed E-state index contributed by atoms with van der Waals surface area (Å²) in [7, 11) is 0. The summed E-state index contributed by atoms with van der Waals surface area (Å²) < 4.78 is 5.93. The molecule has 1 aromatic rings. The lowest BCUT2D eigenvalue weighted by Crippen LogP contribution is -2.51. The molecule has 1 amide bonds. The van der Waals surface area contributed by atoms with Crippen LogP contribution in [0.4, 0.5) is 0 Å². The average Bonchev–Trinajstić information content (AvgIpc) is 2.56. The number of nitrogens with zero attached hydrogens (tertiary/aromatic N) is 1. The van der Waals surface area contributed by atoms with Gasteiger partial charge in [0.15, 0.2) is 0 Å². The van der Waals surface area contributed by atoms with Crippen LogP contribution in [0.5, 0.6) is 0 Å². The molecule has 1 aromatic carbocycles. The Kier molecular flexibility index (Phi) is 5.01. The number of rotatable bonds is 2. The minimum absolute atomic E-state index is 0.126. The predicted octanol–water partition coefficient (Wildman–Crippen LogP) is 2.63. The smallest absolute Gasteiger partial charge is 0.226 e. The van der Waals surface area contributed by atoms with Gasteiger partial charge in [0.05, 0.1) is 19.2 Å². The molecule has 22 heavy (non-hydrogen) atoms. The van der Waals surface area contributed by atoms with Crippen molar-refractivity contribution in [1.82, 2.24) is 10.2 Å². The SMILES string of the molecule is CC1COC(c2ccccc2Cl)CN1C(=O)C1CCNCC1. The summed E-state index contributed by atoms with van der Waals surface area (Å²) in [5.74, 6) is 0.419. The molecule has 3 rings (SSSR count). The zero-order valence-electron chi connectivity index (χ0n) is 12.9. The van der Waals surface area contributed by atoms with Crippen molar-refractivity contribution in [3.63, 3.8) is 0 Å². The molecule has 5 heteroatoms. The minimum atomic E-state index is -0.129. The molecule has 2 atom stereocenters. The third-order valence-electron chi connectivity index (χ3n) is 4.66. The van der Waals surface area contributed by atoms with Crippen molar-refractivity contribution < 1.29 is 9.53 Å². The van der Waals surface area contributed by atoms with E-state index >= 15 is 0 Å². The highest BCUT2D eigenvalue weighted by atomic mass is 35.5. The Morgan fingerprint density at radius 3 is 2.77 bits per heavy atom. The van der Waals surface area contributed by atoms with Crippen LogP contribution in [0.3, 0.4) is 0 Å². The van der Waals surface area contributed by atoms with E-state index in [9.17, 15) is 4.79 Å². The number of halogens is 1. The van der Waals surface area contributed by atoms with Gasteiger partial charge in [0.25, 0.3) is 0 Å². The van der Waals surface area contributed by atoms with E-state index in [0.29, 0.717) is 18.2 Å². The summed E-state index contributed by atoms with van der Waals surface area (Å²) in [6.07, 6.45) is 1.73. The van der Waals surface area contributed by atoms with E-state index in [1.807, 2.05) is 29.2 Å². The average molecular weight is 323 g/mol. The van der Waals surface area contributed by atoms with Crippen LogP contribution in [-0.4, -0.2) is 43.1 Å². The molecule has 0 aromatic heterocycles. The third-order valence-corrected chi connectivity index (χ3v) is 5.00. The molecule has 2 fully saturated rings. The first-order valence-electron chi connectivity index (χ1n) is 8.04. The third kappa shape index (κ3) is 3.29. The van der Waals surface area contributed by atoms with Crippen LogP contribution in [0.2, 0.25) is 5.02 Å². The maximum atomic E-state index is 12.8. The van der Waals surface area contributed by atoms with Crippen LogP contribution in [0.25, 0.3) is 0 Å². The van der Waals surface area contributed by atoms with Gasteiger partial charge in [-0.25, -0.2) is 0 Å². The Morgan fingerprint density at radius 2 is 2.05 bits per heavy atom. The Morgan fingerprint density at radius 1 is 1.32 bits per heavy atom. The number of nitrogens with one attached hydrogen (secondary N) is 1. The van der Waals surface area contributed by atoms with Crippen molar-refractivity contribution in [2.24, 2.45) is 5.92 Å². The van der Waals surface area contributed by atoms with Crippen LogP contribution in [0, 0.1) is 5.92 Å². The minimum Gasteiger partial charge on any atom is -0.369 e. The summed E-state index contributed by atoms with van der Waals surface area (Å²) in [5, 5.41) is 4.02. The van der Waals surface area contributed by atoms with Gasteiger partial charge in [-0.15, -0.1) is 0 Å². The lowest BCUT2D eigenvalue weighted by atomic mass is 9.95. The number of benzene rings is 1. The molecule has 2 aliphatic heterocycles. The number of amides is 1. The summed E-state index contributed by atoms with van der Waals surface area (Å²) in [6, 6.07) is 7.85. The van der Waals surface area contributed by atoms with E-state index in [1.165, 1.54) is 0 Å². The Labute approximate surface area is 136 Å². The summed E-state index contributed by atoms with van der Waals surface area (Å²) in [4.78, 5) is 14.8. The first-order valence-corrected chi connectivity index (χ1v) is 8.42. The van der Waals surface area contributed by atoms with Crippen molar-refractivity contribution in [1.29, 1.82) is 0 Å². The molecule has 2 unspecified atom stereocenters. The molecule has 2 saturated heterocycles. The van der Waals surface area contributed by atoms with Gasteiger partial charge in [-0.05, 0) is 38.9 Å². The van der Waals surface area contributed by atoms with Crippen molar-refractivity contribution in [3.8, 4) is 0 Å². The number of hydrogen-bond acceptors (Lipinski definition) is 3. The Hall–Kier alpha value is -1.10. The molecule has 2 aliphatic rings. The lowest BCUT2D eigenvalue weighted by molar-refractivity contribution is -0.149. The number of carbonyl (C=O) groups is 1. The molecule has 0 bridgehead atoms. The number of hydrogen-bond donors (Lipinski definition) is 1. The van der Waals surface area contributed by atoms with Crippen molar-refractivity contribution >= 4 is 17.5 Å².